The number of halogens is 1. The molecule has 19 heavy (non-hydrogen) atoms. The number of hydrogen-bond acceptors (Lipinski definition) is 2. The Morgan fingerprint density at radius 3 is 2.63 bits per heavy atom. The average molecular weight is 265 g/mol. The van der Waals surface area contributed by atoms with Crippen molar-refractivity contribution in [3.05, 3.63) is 35.1 Å². The van der Waals surface area contributed by atoms with Gasteiger partial charge in [0, 0.05) is 25.0 Å². The molecule has 0 saturated carbocycles. The van der Waals surface area contributed by atoms with E-state index in [1.165, 1.54) is 6.07 Å². The zero-order valence-electron chi connectivity index (χ0n) is 11.6. The van der Waals surface area contributed by atoms with Crippen molar-refractivity contribution in [2.24, 2.45) is 5.92 Å². The minimum absolute atomic E-state index is 0.0563. The Bertz CT molecular complexity index is 487. The second-order valence-electron chi connectivity index (χ2n) is 5.61. The summed E-state index contributed by atoms with van der Waals surface area (Å²) in [4.78, 5) is 13.6. The monoisotopic (exact) mass is 265 g/mol. The lowest BCUT2D eigenvalue weighted by molar-refractivity contribution is -0.141. The number of benzene rings is 1. The van der Waals surface area contributed by atoms with Gasteiger partial charge in [0.2, 0.25) is 0 Å². The van der Waals surface area contributed by atoms with E-state index in [9.17, 15) is 14.3 Å². The molecular formula is C15H20FNO2. The molecule has 1 aliphatic heterocycles. The van der Waals surface area contributed by atoms with Crippen LogP contribution < -0.4 is 0 Å². The second kappa shape index (κ2) is 5.29. The van der Waals surface area contributed by atoms with E-state index in [2.05, 4.69) is 18.7 Å². The molecule has 0 aliphatic carbocycles. The number of nitrogens with zero attached hydrogens (tertiary/aromatic N) is 1. The Morgan fingerprint density at radius 1 is 1.42 bits per heavy atom. The number of carboxylic acids is 1. The van der Waals surface area contributed by atoms with Gasteiger partial charge in [-0.3, -0.25) is 9.69 Å². The topological polar surface area (TPSA) is 40.5 Å². The molecule has 0 amide bonds. The van der Waals surface area contributed by atoms with Gasteiger partial charge in [-0.1, -0.05) is 12.1 Å². The fraction of sp³-hybridized carbons (Fsp3) is 0.533. The van der Waals surface area contributed by atoms with Crippen molar-refractivity contribution in [3.63, 3.8) is 0 Å². The van der Waals surface area contributed by atoms with Gasteiger partial charge in [0.1, 0.15) is 5.82 Å². The summed E-state index contributed by atoms with van der Waals surface area (Å²) in [6.07, 6.45) is 0. The molecule has 1 saturated heterocycles. The van der Waals surface area contributed by atoms with Crippen molar-refractivity contribution in [2.75, 3.05) is 13.1 Å². The van der Waals surface area contributed by atoms with Crippen LogP contribution in [-0.4, -0.2) is 35.1 Å². The van der Waals surface area contributed by atoms with E-state index >= 15 is 0 Å². The van der Waals surface area contributed by atoms with Crippen molar-refractivity contribution >= 4 is 5.97 Å². The lowest BCUT2D eigenvalue weighted by atomic mass is 9.88. The molecule has 1 aliphatic rings. The standard InChI is InChI=1S/C15H20FNO2/c1-9(2)17-7-12(13(8-17)15(18)19)11-4-5-14(16)10(3)6-11/h4-6,9,12-13H,7-8H2,1-3H3,(H,18,19). The quantitative estimate of drug-likeness (QED) is 0.913. The predicted molar refractivity (Wildman–Crippen MR) is 71.7 cm³/mol. The molecule has 1 N–H and O–H groups in total. The molecule has 4 heteroatoms. The van der Waals surface area contributed by atoms with Crippen molar-refractivity contribution in [1.82, 2.24) is 4.90 Å². The molecule has 0 aromatic heterocycles. The molecule has 1 aromatic carbocycles. The smallest absolute Gasteiger partial charge is 0.308 e. The minimum atomic E-state index is -0.768. The van der Waals surface area contributed by atoms with Gasteiger partial charge in [0.15, 0.2) is 0 Å². The minimum Gasteiger partial charge on any atom is -0.481 e. The summed E-state index contributed by atoms with van der Waals surface area (Å²) in [5.41, 5.74) is 1.50. The van der Waals surface area contributed by atoms with Crippen molar-refractivity contribution in [1.29, 1.82) is 0 Å². The predicted octanol–water partition coefficient (Wildman–Crippen LogP) is 2.64. The maximum Gasteiger partial charge on any atom is 0.308 e. The van der Waals surface area contributed by atoms with Gasteiger partial charge >= 0.3 is 5.97 Å². The number of carbonyl (C=O) groups is 1. The molecule has 2 rings (SSSR count). The molecule has 0 bridgehead atoms. The van der Waals surface area contributed by atoms with Gasteiger partial charge in [-0.05, 0) is 38.0 Å². The highest BCUT2D eigenvalue weighted by Gasteiger charge is 2.39. The molecule has 2 atom stereocenters. The highest BCUT2D eigenvalue weighted by molar-refractivity contribution is 5.72. The third kappa shape index (κ3) is 2.78. The highest BCUT2D eigenvalue weighted by atomic mass is 19.1. The van der Waals surface area contributed by atoms with Crippen molar-refractivity contribution in [2.45, 2.75) is 32.7 Å². The van der Waals surface area contributed by atoms with Gasteiger partial charge in [-0.25, -0.2) is 4.39 Å². The molecule has 1 heterocycles. The summed E-state index contributed by atoms with van der Waals surface area (Å²) in [7, 11) is 0. The van der Waals surface area contributed by atoms with E-state index < -0.39 is 11.9 Å². The summed E-state index contributed by atoms with van der Waals surface area (Å²) in [6, 6.07) is 5.25. The van der Waals surface area contributed by atoms with Crippen LogP contribution in [0.1, 0.15) is 30.9 Å². The number of likely N-dealkylation sites (tertiary alicyclic amines) is 1. The Kier molecular flexibility index (Phi) is 3.90. The molecule has 2 unspecified atom stereocenters. The maximum atomic E-state index is 13.3. The summed E-state index contributed by atoms with van der Waals surface area (Å²) < 4.78 is 13.3. The Hall–Kier alpha value is -1.42. The van der Waals surface area contributed by atoms with Crippen LogP contribution >= 0.6 is 0 Å². The van der Waals surface area contributed by atoms with Crippen LogP contribution in [0.2, 0.25) is 0 Å². The van der Waals surface area contributed by atoms with Gasteiger partial charge in [-0.15, -0.1) is 0 Å². The van der Waals surface area contributed by atoms with Gasteiger partial charge < -0.3 is 5.11 Å². The average Bonchev–Trinajstić information content (AvgIpc) is 2.78. The van der Waals surface area contributed by atoms with Crippen LogP contribution in [-0.2, 0) is 4.79 Å². The molecule has 0 spiro atoms. The zero-order chi connectivity index (χ0) is 14.2. The lowest BCUT2D eigenvalue weighted by Gasteiger charge is -2.20. The normalized spacial score (nSPS) is 24.1. The lowest BCUT2D eigenvalue weighted by Crippen LogP contribution is -2.29. The fourth-order valence-electron chi connectivity index (χ4n) is 2.74. The van der Waals surface area contributed by atoms with Crippen LogP contribution in [0.4, 0.5) is 4.39 Å². The molecule has 3 nitrogen and oxygen atoms in total. The van der Waals surface area contributed by atoms with Crippen LogP contribution in [0, 0.1) is 18.7 Å². The van der Waals surface area contributed by atoms with E-state index in [1.807, 2.05) is 0 Å². The first-order chi connectivity index (χ1) is 8.90. The van der Waals surface area contributed by atoms with E-state index in [0.717, 1.165) is 12.1 Å². The molecule has 0 radical (unpaired) electrons. The number of hydrogen-bond donors (Lipinski definition) is 1. The number of aliphatic carboxylic acids is 1. The third-order valence-corrected chi connectivity index (χ3v) is 4.01. The van der Waals surface area contributed by atoms with Gasteiger partial charge in [-0.2, -0.15) is 0 Å². The summed E-state index contributed by atoms with van der Waals surface area (Å²) in [5.74, 6) is -1.48. The van der Waals surface area contributed by atoms with Crippen molar-refractivity contribution in [3.8, 4) is 0 Å². The van der Waals surface area contributed by atoms with Gasteiger partial charge in [0.05, 0.1) is 5.92 Å². The van der Waals surface area contributed by atoms with E-state index in [-0.39, 0.29) is 11.7 Å². The fourth-order valence-corrected chi connectivity index (χ4v) is 2.74. The summed E-state index contributed by atoms with van der Waals surface area (Å²) in [5, 5.41) is 9.37. The number of carboxylic acid groups (broad SMARTS) is 1. The van der Waals surface area contributed by atoms with Crippen LogP contribution in [0.15, 0.2) is 18.2 Å². The first kappa shape index (κ1) is 14.0. The first-order valence-electron chi connectivity index (χ1n) is 6.63. The van der Waals surface area contributed by atoms with E-state index in [4.69, 9.17) is 0 Å². The largest absolute Gasteiger partial charge is 0.481 e. The Balaban J connectivity index is 2.30. The first-order valence-corrected chi connectivity index (χ1v) is 6.63. The van der Waals surface area contributed by atoms with Crippen LogP contribution in [0.5, 0.6) is 0 Å². The Labute approximate surface area is 113 Å². The molecular weight excluding hydrogens is 245 g/mol. The third-order valence-electron chi connectivity index (χ3n) is 4.01. The molecule has 1 fully saturated rings. The van der Waals surface area contributed by atoms with Crippen LogP contribution in [0.25, 0.3) is 0 Å². The molecule has 104 valence electrons. The van der Waals surface area contributed by atoms with Gasteiger partial charge in [0.25, 0.3) is 0 Å². The second-order valence-corrected chi connectivity index (χ2v) is 5.61. The number of rotatable bonds is 3. The van der Waals surface area contributed by atoms with E-state index in [0.29, 0.717) is 18.2 Å². The van der Waals surface area contributed by atoms with Crippen molar-refractivity contribution < 1.29 is 14.3 Å². The van der Waals surface area contributed by atoms with Crippen LogP contribution in [0.3, 0.4) is 0 Å². The Morgan fingerprint density at radius 2 is 2.11 bits per heavy atom. The SMILES string of the molecule is Cc1cc(C2CN(C(C)C)CC2C(=O)O)ccc1F. The molecule has 1 aromatic rings. The number of aryl methyl sites for hydroxylation is 1. The van der Waals surface area contributed by atoms with E-state index in [1.54, 1.807) is 19.1 Å². The summed E-state index contributed by atoms with van der Waals surface area (Å²) >= 11 is 0. The zero-order valence-corrected chi connectivity index (χ0v) is 11.6. The highest BCUT2D eigenvalue weighted by Crippen LogP contribution is 2.34. The summed E-state index contributed by atoms with van der Waals surface area (Å²) in [6.45, 7) is 7.13. The maximum absolute atomic E-state index is 13.3.